The molecule has 1 heterocycles. The summed E-state index contributed by atoms with van der Waals surface area (Å²) in [5, 5.41) is 14.7. The maximum absolute atomic E-state index is 10.2. The Balaban J connectivity index is 2.63. The van der Waals surface area contributed by atoms with Gasteiger partial charge in [-0.3, -0.25) is 4.68 Å². The first kappa shape index (κ1) is 11.7. The fraction of sp³-hybridized carbons (Fsp3) is 0.357. The Morgan fingerprint density at radius 3 is 2.41 bits per heavy atom. The zero-order chi connectivity index (χ0) is 12.4. The highest BCUT2D eigenvalue weighted by Crippen LogP contribution is 2.34. The third kappa shape index (κ3) is 2.05. The summed E-state index contributed by atoms with van der Waals surface area (Å²) in [5.74, 6) is 0.312. The highest BCUT2D eigenvalue weighted by molar-refractivity contribution is 5.67. The first-order chi connectivity index (χ1) is 8.15. The number of rotatable bonds is 3. The fourth-order valence-corrected chi connectivity index (χ4v) is 1.95. The van der Waals surface area contributed by atoms with Crippen molar-refractivity contribution in [2.75, 3.05) is 0 Å². The van der Waals surface area contributed by atoms with E-state index in [-0.39, 0.29) is 6.04 Å². The lowest BCUT2D eigenvalue weighted by Crippen LogP contribution is -2.05. The Hall–Kier alpha value is -1.77. The van der Waals surface area contributed by atoms with Gasteiger partial charge in [-0.05, 0) is 20.3 Å². The first-order valence-electron chi connectivity index (χ1n) is 6.01. The van der Waals surface area contributed by atoms with Crippen molar-refractivity contribution in [3.63, 3.8) is 0 Å². The van der Waals surface area contributed by atoms with Crippen LogP contribution in [0, 0.1) is 0 Å². The molecule has 1 aromatic carbocycles. The molecule has 0 spiro atoms. The van der Waals surface area contributed by atoms with E-state index in [9.17, 15) is 5.11 Å². The van der Waals surface area contributed by atoms with E-state index in [0.717, 1.165) is 23.4 Å². The van der Waals surface area contributed by atoms with Gasteiger partial charge in [-0.1, -0.05) is 37.3 Å². The van der Waals surface area contributed by atoms with Crippen LogP contribution in [0.3, 0.4) is 0 Å². The van der Waals surface area contributed by atoms with E-state index in [1.807, 2.05) is 41.9 Å². The van der Waals surface area contributed by atoms with Crippen molar-refractivity contribution >= 4 is 0 Å². The maximum atomic E-state index is 10.2. The average molecular weight is 230 g/mol. The van der Waals surface area contributed by atoms with Gasteiger partial charge < -0.3 is 5.11 Å². The van der Waals surface area contributed by atoms with E-state index in [1.54, 1.807) is 0 Å². The average Bonchev–Trinajstić information content (AvgIpc) is 2.67. The van der Waals surface area contributed by atoms with Crippen LogP contribution in [0.5, 0.6) is 5.75 Å². The molecule has 0 atom stereocenters. The van der Waals surface area contributed by atoms with E-state index < -0.39 is 0 Å². The van der Waals surface area contributed by atoms with Gasteiger partial charge in [0.15, 0.2) is 5.75 Å². The standard InChI is InChI=1S/C14H18N2O/c1-4-12-14(17)13(16(15-12)10(2)3)11-8-6-5-7-9-11/h5-10,17H,4H2,1-3H3. The highest BCUT2D eigenvalue weighted by Gasteiger charge is 2.18. The minimum atomic E-state index is 0.233. The summed E-state index contributed by atoms with van der Waals surface area (Å²) in [5.41, 5.74) is 2.58. The Kier molecular flexibility index (Phi) is 3.18. The Labute approximate surface area is 102 Å². The predicted molar refractivity (Wildman–Crippen MR) is 69.1 cm³/mol. The monoisotopic (exact) mass is 230 g/mol. The predicted octanol–water partition coefficient (Wildman–Crippen LogP) is 3.40. The molecule has 0 amide bonds. The van der Waals surface area contributed by atoms with Gasteiger partial charge in [0.2, 0.25) is 0 Å². The van der Waals surface area contributed by atoms with Crippen molar-refractivity contribution in [2.45, 2.75) is 33.2 Å². The minimum absolute atomic E-state index is 0.233. The molecule has 90 valence electrons. The SMILES string of the molecule is CCc1nn(C(C)C)c(-c2ccccc2)c1O. The molecule has 0 aliphatic heterocycles. The van der Waals surface area contributed by atoms with Crippen molar-refractivity contribution in [2.24, 2.45) is 0 Å². The van der Waals surface area contributed by atoms with E-state index in [1.165, 1.54) is 0 Å². The van der Waals surface area contributed by atoms with Crippen LogP contribution in [0.2, 0.25) is 0 Å². The zero-order valence-electron chi connectivity index (χ0n) is 10.5. The smallest absolute Gasteiger partial charge is 0.164 e. The molecule has 0 aliphatic carbocycles. The Morgan fingerprint density at radius 1 is 1.24 bits per heavy atom. The molecule has 3 nitrogen and oxygen atoms in total. The lowest BCUT2D eigenvalue weighted by Gasteiger charge is -2.10. The second-order valence-corrected chi connectivity index (χ2v) is 4.40. The number of benzene rings is 1. The summed E-state index contributed by atoms with van der Waals surface area (Å²) >= 11 is 0. The van der Waals surface area contributed by atoms with Crippen LogP contribution >= 0.6 is 0 Å². The zero-order valence-corrected chi connectivity index (χ0v) is 10.5. The molecule has 17 heavy (non-hydrogen) atoms. The van der Waals surface area contributed by atoms with Crippen LogP contribution in [0.15, 0.2) is 30.3 Å². The molecule has 2 aromatic rings. The van der Waals surface area contributed by atoms with Crippen molar-refractivity contribution < 1.29 is 5.11 Å². The second kappa shape index (κ2) is 4.62. The van der Waals surface area contributed by atoms with Gasteiger partial charge in [0.1, 0.15) is 11.4 Å². The summed E-state index contributed by atoms with van der Waals surface area (Å²) < 4.78 is 1.89. The third-order valence-corrected chi connectivity index (χ3v) is 2.83. The third-order valence-electron chi connectivity index (χ3n) is 2.83. The van der Waals surface area contributed by atoms with E-state index >= 15 is 0 Å². The van der Waals surface area contributed by atoms with Gasteiger partial charge in [0.25, 0.3) is 0 Å². The number of nitrogens with zero attached hydrogens (tertiary/aromatic N) is 2. The molecular formula is C14H18N2O. The largest absolute Gasteiger partial charge is 0.504 e. The minimum Gasteiger partial charge on any atom is -0.504 e. The van der Waals surface area contributed by atoms with Gasteiger partial charge in [-0.25, -0.2) is 0 Å². The molecule has 1 aromatic heterocycles. The van der Waals surface area contributed by atoms with Crippen LogP contribution in [0.4, 0.5) is 0 Å². The van der Waals surface area contributed by atoms with Crippen LogP contribution in [0.25, 0.3) is 11.3 Å². The van der Waals surface area contributed by atoms with Crippen LogP contribution in [0.1, 0.15) is 32.5 Å². The number of aromatic hydroxyl groups is 1. The molecular weight excluding hydrogens is 212 g/mol. The maximum Gasteiger partial charge on any atom is 0.164 e. The van der Waals surface area contributed by atoms with Crippen molar-refractivity contribution in [1.29, 1.82) is 0 Å². The highest BCUT2D eigenvalue weighted by atomic mass is 16.3. The molecule has 0 bridgehead atoms. The molecule has 0 aliphatic rings. The normalized spacial score (nSPS) is 11.1. The summed E-state index contributed by atoms with van der Waals surface area (Å²) in [6.07, 6.45) is 0.741. The molecule has 1 N–H and O–H groups in total. The van der Waals surface area contributed by atoms with Gasteiger partial charge >= 0.3 is 0 Å². The van der Waals surface area contributed by atoms with Crippen molar-refractivity contribution in [3.05, 3.63) is 36.0 Å². The number of aromatic nitrogens is 2. The molecule has 2 rings (SSSR count). The van der Waals surface area contributed by atoms with Crippen LogP contribution in [-0.4, -0.2) is 14.9 Å². The second-order valence-electron chi connectivity index (χ2n) is 4.40. The number of hydrogen-bond acceptors (Lipinski definition) is 2. The number of hydrogen-bond donors (Lipinski definition) is 1. The van der Waals surface area contributed by atoms with E-state index in [4.69, 9.17) is 0 Å². The Morgan fingerprint density at radius 2 is 1.88 bits per heavy atom. The van der Waals surface area contributed by atoms with E-state index in [2.05, 4.69) is 18.9 Å². The lowest BCUT2D eigenvalue weighted by atomic mass is 10.1. The van der Waals surface area contributed by atoms with Gasteiger partial charge in [0.05, 0.1) is 0 Å². The van der Waals surface area contributed by atoms with E-state index in [0.29, 0.717) is 5.75 Å². The molecule has 0 saturated carbocycles. The topological polar surface area (TPSA) is 38.0 Å². The van der Waals surface area contributed by atoms with Gasteiger partial charge in [-0.2, -0.15) is 5.10 Å². The van der Waals surface area contributed by atoms with Crippen molar-refractivity contribution in [1.82, 2.24) is 9.78 Å². The molecule has 0 unspecified atom stereocenters. The Bertz CT molecular complexity index is 500. The summed E-state index contributed by atoms with van der Waals surface area (Å²) in [7, 11) is 0. The fourth-order valence-electron chi connectivity index (χ4n) is 1.95. The molecule has 0 radical (unpaired) electrons. The van der Waals surface area contributed by atoms with Gasteiger partial charge in [0, 0.05) is 11.6 Å². The molecule has 0 fully saturated rings. The van der Waals surface area contributed by atoms with Crippen molar-refractivity contribution in [3.8, 4) is 17.0 Å². The number of aryl methyl sites for hydroxylation is 1. The summed E-state index contributed by atoms with van der Waals surface area (Å²) in [6, 6.07) is 10.1. The van der Waals surface area contributed by atoms with Gasteiger partial charge in [-0.15, -0.1) is 0 Å². The summed E-state index contributed by atoms with van der Waals surface area (Å²) in [6.45, 7) is 6.14. The molecule has 3 heteroatoms. The first-order valence-corrected chi connectivity index (χ1v) is 6.01. The quantitative estimate of drug-likeness (QED) is 0.877. The lowest BCUT2D eigenvalue weighted by molar-refractivity contribution is 0.469. The molecule has 0 saturated heterocycles. The van der Waals surface area contributed by atoms with Crippen LogP contribution < -0.4 is 0 Å². The van der Waals surface area contributed by atoms with Crippen LogP contribution in [-0.2, 0) is 6.42 Å². The summed E-state index contributed by atoms with van der Waals surface area (Å²) in [4.78, 5) is 0.